The molecule has 0 aliphatic carbocycles. The molecule has 1 fully saturated rings. The number of nitrogens with one attached hydrogen (secondary N) is 2. The second-order valence-electron chi connectivity index (χ2n) is 7.51. The van der Waals surface area contributed by atoms with Gasteiger partial charge in [0.25, 0.3) is 11.5 Å². The van der Waals surface area contributed by atoms with Gasteiger partial charge in [-0.1, -0.05) is 6.07 Å². The van der Waals surface area contributed by atoms with Gasteiger partial charge in [0.15, 0.2) is 11.6 Å². The van der Waals surface area contributed by atoms with E-state index in [0.717, 1.165) is 0 Å². The molecular formula is C21H22N6O5. The molecule has 1 saturated heterocycles. The fourth-order valence-corrected chi connectivity index (χ4v) is 3.80. The Morgan fingerprint density at radius 3 is 2.78 bits per heavy atom. The number of benzene rings is 1. The monoisotopic (exact) mass is 438 g/mol. The molecule has 0 bridgehead atoms. The van der Waals surface area contributed by atoms with E-state index in [-0.39, 0.29) is 35.3 Å². The number of amides is 3. The summed E-state index contributed by atoms with van der Waals surface area (Å²) >= 11 is 0. The summed E-state index contributed by atoms with van der Waals surface area (Å²) in [5.41, 5.74) is 5.82. The van der Waals surface area contributed by atoms with E-state index in [0.29, 0.717) is 36.1 Å². The van der Waals surface area contributed by atoms with Crippen LogP contribution in [0.1, 0.15) is 46.8 Å². The summed E-state index contributed by atoms with van der Waals surface area (Å²) in [7, 11) is 0. The van der Waals surface area contributed by atoms with E-state index >= 15 is 0 Å². The average molecular weight is 438 g/mol. The van der Waals surface area contributed by atoms with E-state index < -0.39 is 23.4 Å². The minimum atomic E-state index is -0.825. The summed E-state index contributed by atoms with van der Waals surface area (Å²) in [6, 6.07) is 3.98. The number of nitrogens with two attached hydrogens (primary N) is 1. The summed E-state index contributed by atoms with van der Waals surface area (Å²) < 4.78 is 6.75. The molecule has 0 saturated carbocycles. The molecule has 32 heavy (non-hydrogen) atoms. The van der Waals surface area contributed by atoms with Crippen LogP contribution in [0.15, 0.2) is 27.4 Å². The summed E-state index contributed by atoms with van der Waals surface area (Å²) in [5.74, 6) is -0.387. The Balaban J connectivity index is 1.72. The molecule has 3 amide bonds. The molecule has 4 N–H and O–H groups in total. The van der Waals surface area contributed by atoms with Gasteiger partial charge in [-0.05, 0) is 32.4 Å². The third-order valence-electron chi connectivity index (χ3n) is 5.29. The van der Waals surface area contributed by atoms with Crippen LogP contribution in [0, 0.1) is 13.8 Å². The highest BCUT2D eigenvalue weighted by molar-refractivity contribution is 6.07. The fraction of sp³-hybridized carbons (Fsp3) is 0.333. The van der Waals surface area contributed by atoms with Crippen molar-refractivity contribution in [2.75, 3.05) is 11.9 Å². The highest BCUT2D eigenvalue weighted by Crippen LogP contribution is 2.24. The molecule has 1 aliphatic heterocycles. The minimum Gasteiger partial charge on any atom is -0.445 e. The minimum absolute atomic E-state index is 0.124. The van der Waals surface area contributed by atoms with Gasteiger partial charge < -0.3 is 15.5 Å². The molecule has 11 heteroatoms. The van der Waals surface area contributed by atoms with Crippen molar-refractivity contribution < 1.29 is 18.8 Å². The van der Waals surface area contributed by atoms with Crippen LogP contribution in [0.2, 0.25) is 0 Å². The lowest BCUT2D eigenvalue weighted by atomic mass is 10.1. The molecule has 1 unspecified atom stereocenters. The average Bonchev–Trinajstić information content (AvgIpc) is 3.11. The van der Waals surface area contributed by atoms with Gasteiger partial charge in [-0.25, -0.2) is 9.97 Å². The summed E-state index contributed by atoms with van der Waals surface area (Å²) in [6.07, 6.45) is 0.758. The predicted octanol–water partition coefficient (Wildman–Crippen LogP) is 0.733. The fourth-order valence-electron chi connectivity index (χ4n) is 3.80. The first-order chi connectivity index (χ1) is 15.3. The van der Waals surface area contributed by atoms with Crippen LogP contribution in [-0.4, -0.2) is 38.8 Å². The number of anilines is 1. The Bertz CT molecular complexity index is 1310. The molecule has 3 heterocycles. The van der Waals surface area contributed by atoms with Gasteiger partial charge in [0, 0.05) is 19.4 Å². The molecule has 166 valence electrons. The Kier molecular flexibility index (Phi) is 5.57. The molecular weight excluding hydrogens is 416 g/mol. The zero-order chi connectivity index (χ0) is 23.0. The van der Waals surface area contributed by atoms with Crippen molar-refractivity contribution in [3.05, 3.63) is 51.7 Å². The molecule has 3 aromatic rings. The van der Waals surface area contributed by atoms with Gasteiger partial charge in [0.1, 0.15) is 23.1 Å². The second-order valence-corrected chi connectivity index (χ2v) is 7.51. The highest BCUT2D eigenvalue weighted by Gasteiger charge is 2.30. The van der Waals surface area contributed by atoms with E-state index in [2.05, 4.69) is 20.6 Å². The van der Waals surface area contributed by atoms with Crippen molar-refractivity contribution in [3.8, 4) is 0 Å². The van der Waals surface area contributed by atoms with Crippen molar-refractivity contribution in [1.82, 2.24) is 19.9 Å². The van der Waals surface area contributed by atoms with Crippen molar-refractivity contribution in [2.45, 2.75) is 39.2 Å². The Hall–Kier alpha value is -3.86. The standard InChI is InChI=1S/C21H22N6O5/c1-10-17(26-16(32-10)8-9-22)20(30)24-13-5-3-4-12-18(13)23-11(2)27(21(12)31)14-6-7-15(28)25-19(14)29/h3-5,14H,6-9,22H2,1-2H3,(H,24,30)(H,25,28,29). The first kappa shape index (κ1) is 21.4. The first-order valence-corrected chi connectivity index (χ1v) is 10.1. The largest absolute Gasteiger partial charge is 0.445 e. The number of carbonyl (C=O) groups is 3. The maximum absolute atomic E-state index is 13.2. The number of imide groups is 1. The molecule has 0 spiro atoms. The predicted molar refractivity (Wildman–Crippen MR) is 114 cm³/mol. The second kappa shape index (κ2) is 8.35. The number of hydrogen-bond donors (Lipinski definition) is 3. The first-order valence-electron chi connectivity index (χ1n) is 10.1. The quantitative estimate of drug-likeness (QED) is 0.491. The third kappa shape index (κ3) is 3.78. The number of nitrogens with zero attached hydrogens (tertiary/aromatic N) is 3. The van der Waals surface area contributed by atoms with Crippen LogP contribution in [0.5, 0.6) is 0 Å². The van der Waals surface area contributed by atoms with Crippen LogP contribution in [-0.2, 0) is 16.0 Å². The number of para-hydroxylation sites is 1. The van der Waals surface area contributed by atoms with Crippen LogP contribution in [0.25, 0.3) is 10.9 Å². The van der Waals surface area contributed by atoms with E-state index in [1.54, 1.807) is 32.0 Å². The van der Waals surface area contributed by atoms with Gasteiger partial charge in [-0.15, -0.1) is 0 Å². The van der Waals surface area contributed by atoms with Gasteiger partial charge in [0.2, 0.25) is 11.8 Å². The van der Waals surface area contributed by atoms with Crippen molar-refractivity contribution in [3.63, 3.8) is 0 Å². The van der Waals surface area contributed by atoms with Crippen LogP contribution in [0.3, 0.4) is 0 Å². The SMILES string of the molecule is Cc1oc(CCN)nc1C(=O)Nc1cccc2c(=O)n(C3CCC(=O)NC3=O)c(C)nc12. The topological polar surface area (TPSA) is 162 Å². The lowest BCUT2D eigenvalue weighted by Gasteiger charge is -2.24. The maximum atomic E-state index is 13.2. The summed E-state index contributed by atoms with van der Waals surface area (Å²) in [4.78, 5) is 58.4. The zero-order valence-corrected chi connectivity index (χ0v) is 17.6. The molecule has 1 aliphatic rings. The van der Waals surface area contributed by atoms with E-state index in [1.165, 1.54) is 4.57 Å². The van der Waals surface area contributed by atoms with Gasteiger partial charge in [-0.3, -0.25) is 29.1 Å². The van der Waals surface area contributed by atoms with E-state index in [4.69, 9.17) is 10.2 Å². The van der Waals surface area contributed by atoms with E-state index in [9.17, 15) is 19.2 Å². The number of piperidine rings is 1. The smallest absolute Gasteiger partial charge is 0.277 e. The highest BCUT2D eigenvalue weighted by atomic mass is 16.4. The lowest BCUT2D eigenvalue weighted by molar-refractivity contribution is -0.135. The Labute approximate surface area is 182 Å². The van der Waals surface area contributed by atoms with Crippen LogP contribution in [0.4, 0.5) is 5.69 Å². The number of hydrogen-bond acceptors (Lipinski definition) is 8. The Morgan fingerprint density at radius 2 is 2.06 bits per heavy atom. The molecule has 4 rings (SSSR count). The third-order valence-corrected chi connectivity index (χ3v) is 5.29. The molecule has 2 aromatic heterocycles. The number of rotatable bonds is 5. The van der Waals surface area contributed by atoms with Crippen molar-refractivity contribution in [1.29, 1.82) is 0 Å². The van der Waals surface area contributed by atoms with Crippen LogP contribution < -0.4 is 21.9 Å². The normalized spacial score (nSPS) is 16.3. The molecule has 0 radical (unpaired) electrons. The summed E-state index contributed by atoms with van der Waals surface area (Å²) in [6.45, 7) is 3.57. The Morgan fingerprint density at radius 1 is 1.28 bits per heavy atom. The van der Waals surface area contributed by atoms with Crippen molar-refractivity contribution >= 4 is 34.3 Å². The number of fused-ring (bicyclic) bond motifs is 1. The zero-order valence-electron chi connectivity index (χ0n) is 17.6. The van der Waals surface area contributed by atoms with Gasteiger partial charge >= 0.3 is 0 Å². The number of carbonyl (C=O) groups excluding carboxylic acids is 3. The molecule has 1 aromatic carbocycles. The van der Waals surface area contributed by atoms with E-state index in [1.807, 2.05) is 0 Å². The van der Waals surface area contributed by atoms with Gasteiger partial charge in [-0.2, -0.15) is 0 Å². The number of oxazole rings is 1. The molecule has 1 atom stereocenters. The lowest BCUT2D eigenvalue weighted by Crippen LogP contribution is -2.45. The number of aromatic nitrogens is 3. The van der Waals surface area contributed by atoms with Crippen LogP contribution >= 0.6 is 0 Å². The maximum Gasteiger partial charge on any atom is 0.277 e. The van der Waals surface area contributed by atoms with Crippen molar-refractivity contribution in [2.24, 2.45) is 5.73 Å². The molecule has 11 nitrogen and oxygen atoms in total. The number of aryl methyl sites for hydroxylation is 2. The van der Waals surface area contributed by atoms with Gasteiger partial charge in [0.05, 0.1) is 11.1 Å². The summed E-state index contributed by atoms with van der Waals surface area (Å²) in [5, 5.41) is 5.23.